The number of nitrogens with zero attached hydrogens (tertiary/aromatic N) is 3. The van der Waals surface area contributed by atoms with Gasteiger partial charge in [0.05, 0.1) is 31.3 Å². The van der Waals surface area contributed by atoms with Crippen molar-refractivity contribution in [2.24, 2.45) is 27.6 Å². The molecule has 34 heavy (non-hydrogen) atoms. The number of methoxy groups -OCH3 is 1. The molecule has 1 fully saturated rings. The Morgan fingerprint density at radius 3 is 2.62 bits per heavy atom. The Labute approximate surface area is 199 Å². The molecule has 1 unspecified atom stereocenters. The van der Waals surface area contributed by atoms with Crippen molar-refractivity contribution in [2.45, 2.75) is 32.3 Å². The van der Waals surface area contributed by atoms with Crippen molar-refractivity contribution in [1.82, 2.24) is 4.48 Å². The summed E-state index contributed by atoms with van der Waals surface area (Å²) in [4.78, 5) is 21.2. The summed E-state index contributed by atoms with van der Waals surface area (Å²) in [6, 6.07) is 18.2. The highest BCUT2D eigenvalue weighted by Gasteiger charge is 2.50. The quantitative estimate of drug-likeness (QED) is 0.505. The van der Waals surface area contributed by atoms with Crippen molar-refractivity contribution in [3.8, 4) is 5.75 Å². The van der Waals surface area contributed by atoms with Crippen LogP contribution in [0.1, 0.15) is 31.2 Å². The lowest BCUT2D eigenvalue weighted by molar-refractivity contribution is -0.146. The van der Waals surface area contributed by atoms with Gasteiger partial charge >= 0.3 is 5.97 Å². The average molecular weight is 458 g/mol. The standard InChI is InChI=1S/C27H29N4O3/c1-33-27(32)21-12-10-20(11-13-21)26-30-17-24-25(28)29-14-15-31(24,26)22-8-5-9-23(16-22)34-18-19-6-3-2-4-7-19/h2-9,14-17,20-21H,10-13,18H2,1H3,(H2,28,29)/q+1. The number of benzene rings is 2. The number of carbonyl (C=O) groups excluding carboxylic acids is 1. The number of nitrogens with two attached hydrogens (primary N) is 1. The van der Waals surface area contributed by atoms with E-state index in [1.807, 2.05) is 54.9 Å². The van der Waals surface area contributed by atoms with Crippen molar-refractivity contribution in [3.63, 3.8) is 0 Å². The molecule has 2 aromatic rings. The molecule has 2 aliphatic heterocycles. The zero-order valence-electron chi connectivity index (χ0n) is 19.3. The molecule has 1 aliphatic carbocycles. The van der Waals surface area contributed by atoms with Gasteiger partial charge in [0.1, 0.15) is 18.6 Å². The van der Waals surface area contributed by atoms with Crippen molar-refractivity contribution in [1.29, 1.82) is 0 Å². The minimum atomic E-state index is -0.118. The number of aliphatic imine (C=N–C) groups is 2. The molecule has 5 rings (SSSR count). The SMILES string of the molecule is COC(=O)C1CCC(C2=NC=C3C(N)=NC=C[N+]32c2cccc(OCc3ccccc3)c2)CC1. The second-order valence-electron chi connectivity index (χ2n) is 8.88. The van der Waals surface area contributed by atoms with Crippen molar-refractivity contribution < 1.29 is 14.3 Å². The Kier molecular flexibility index (Phi) is 6.02. The Bertz CT molecular complexity index is 1190. The van der Waals surface area contributed by atoms with E-state index >= 15 is 0 Å². The van der Waals surface area contributed by atoms with E-state index in [0.29, 0.717) is 16.9 Å². The van der Waals surface area contributed by atoms with Crippen LogP contribution in [0.2, 0.25) is 0 Å². The van der Waals surface area contributed by atoms with Crippen LogP contribution in [0.25, 0.3) is 0 Å². The molecular formula is C27H29N4O3+. The third kappa shape index (κ3) is 3.92. The number of hydrogen-bond donors (Lipinski definition) is 1. The molecule has 3 aliphatic rings. The first-order chi connectivity index (χ1) is 16.6. The first-order valence-electron chi connectivity index (χ1n) is 11.7. The van der Waals surface area contributed by atoms with Crippen LogP contribution in [-0.2, 0) is 16.1 Å². The maximum Gasteiger partial charge on any atom is 0.308 e. The zero-order chi connectivity index (χ0) is 23.5. The summed E-state index contributed by atoms with van der Waals surface area (Å²) in [7, 11) is 1.46. The van der Waals surface area contributed by atoms with E-state index in [2.05, 4.69) is 17.1 Å². The summed E-state index contributed by atoms with van der Waals surface area (Å²) in [5.41, 5.74) is 9.29. The number of amidine groups is 2. The summed E-state index contributed by atoms with van der Waals surface area (Å²) < 4.78 is 11.4. The Morgan fingerprint density at radius 2 is 1.85 bits per heavy atom. The van der Waals surface area contributed by atoms with Crippen LogP contribution in [0.15, 0.2) is 88.9 Å². The first-order valence-corrected chi connectivity index (χ1v) is 11.7. The van der Waals surface area contributed by atoms with Gasteiger partial charge in [-0.1, -0.05) is 36.4 Å². The van der Waals surface area contributed by atoms with Crippen LogP contribution >= 0.6 is 0 Å². The molecule has 0 bridgehead atoms. The van der Waals surface area contributed by atoms with E-state index in [-0.39, 0.29) is 17.8 Å². The predicted octanol–water partition coefficient (Wildman–Crippen LogP) is 4.65. The number of carbonyl (C=O) groups is 1. The topological polar surface area (TPSA) is 86.3 Å². The average Bonchev–Trinajstić information content (AvgIpc) is 3.30. The molecule has 0 radical (unpaired) electrons. The minimum absolute atomic E-state index is 0.0395. The van der Waals surface area contributed by atoms with Crippen molar-refractivity contribution >= 4 is 23.3 Å². The molecular weight excluding hydrogens is 428 g/mol. The summed E-state index contributed by atoms with van der Waals surface area (Å²) >= 11 is 0. The normalized spacial score (nSPS) is 25.6. The van der Waals surface area contributed by atoms with E-state index in [0.717, 1.165) is 54.2 Å². The molecule has 0 spiro atoms. The largest absolute Gasteiger partial charge is 0.489 e. The fourth-order valence-electron chi connectivity index (χ4n) is 5.15. The molecule has 2 N–H and O–H groups in total. The number of quaternary nitrogens is 1. The highest BCUT2D eigenvalue weighted by atomic mass is 16.5. The van der Waals surface area contributed by atoms with Crippen LogP contribution in [0.4, 0.5) is 5.69 Å². The lowest BCUT2D eigenvalue weighted by Crippen LogP contribution is -2.54. The first kappa shape index (κ1) is 22.1. The monoisotopic (exact) mass is 457 g/mol. The molecule has 174 valence electrons. The molecule has 2 heterocycles. The van der Waals surface area contributed by atoms with Crippen LogP contribution in [-0.4, -0.2) is 24.8 Å². The summed E-state index contributed by atoms with van der Waals surface area (Å²) in [5, 5.41) is 0. The second-order valence-corrected chi connectivity index (χ2v) is 8.88. The zero-order valence-corrected chi connectivity index (χ0v) is 19.3. The van der Waals surface area contributed by atoms with E-state index in [4.69, 9.17) is 20.2 Å². The van der Waals surface area contributed by atoms with Gasteiger partial charge in [0.15, 0.2) is 11.5 Å². The Balaban J connectivity index is 1.43. The smallest absolute Gasteiger partial charge is 0.308 e. The summed E-state index contributed by atoms with van der Waals surface area (Å²) in [5.74, 6) is 2.31. The van der Waals surface area contributed by atoms with Gasteiger partial charge in [-0.3, -0.25) is 4.79 Å². The molecule has 7 heteroatoms. The molecule has 0 amide bonds. The molecule has 7 nitrogen and oxygen atoms in total. The Morgan fingerprint density at radius 1 is 1.06 bits per heavy atom. The minimum Gasteiger partial charge on any atom is -0.489 e. The Hall–Kier alpha value is -3.71. The number of fused-ring (bicyclic) bond motifs is 1. The van der Waals surface area contributed by atoms with Gasteiger partial charge in [-0.2, -0.15) is 4.48 Å². The third-order valence-electron chi connectivity index (χ3n) is 6.93. The van der Waals surface area contributed by atoms with E-state index in [1.54, 1.807) is 6.20 Å². The van der Waals surface area contributed by atoms with Gasteiger partial charge in [0.2, 0.25) is 11.5 Å². The van der Waals surface area contributed by atoms with Gasteiger partial charge < -0.3 is 15.2 Å². The van der Waals surface area contributed by atoms with Gasteiger partial charge in [-0.05, 0) is 37.3 Å². The third-order valence-corrected chi connectivity index (χ3v) is 6.93. The lowest BCUT2D eigenvalue weighted by atomic mass is 9.80. The maximum absolute atomic E-state index is 12.0. The van der Waals surface area contributed by atoms with Gasteiger partial charge in [0, 0.05) is 12.1 Å². The second kappa shape index (κ2) is 9.27. The van der Waals surface area contributed by atoms with Crippen LogP contribution in [0.3, 0.4) is 0 Å². The maximum atomic E-state index is 12.0. The van der Waals surface area contributed by atoms with E-state index < -0.39 is 0 Å². The fourth-order valence-corrected chi connectivity index (χ4v) is 5.15. The lowest BCUT2D eigenvalue weighted by Gasteiger charge is -2.38. The molecule has 1 atom stereocenters. The molecule has 0 aromatic heterocycles. The van der Waals surface area contributed by atoms with Crippen molar-refractivity contribution in [2.75, 3.05) is 7.11 Å². The van der Waals surface area contributed by atoms with Gasteiger partial charge in [-0.25, -0.2) is 9.98 Å². The fraction of sp³-hybridized carbons (Fsp3) is 0.296. The van der Waals surface area contributed by atoms with Crippen LogP contribution < -0.4 is 15.0 Å². The molecule has 0 saturated heterocycles. The number of ether oxygens (including phenoxy) is 2. The molecule has 1 saturated carbocycles. The van der Waals surface area contributed by atoms with E-state index in [1.165, 1.54) is 7.11 Å². The highest BCUT2D eigenvalue weighted by molar-refractivity contribution is 6.13. The molecule has 2 aromatic carbocycles. The van der Waals surface area contributed by atoms with E-state index in [9.17, 15) is 4.79 Å². The van der Waals surface area contributed by atoms with Crippen LogP contribution in [0.5, 0.6) is 5.75 Å². The van der Waals surface area contributed by atoms with Crippen LogP contribution in [0, 0.1) is 11.8 Å². The summed E-state index contributed by atoms with van der Waals surface area (Å²) in [6.45, 7) is 0.491. The number of hydrogen-bond acceptors (Lipinski definition) is 6. The van der Waals surface area contributed by atoms with Gasteiger partial charge in [0.25, 0.3) is 0 Å². The summed E-state index contributed by atoms with van der Waals surface area (Å²) in [6.07, 6.45) is 8.95. The predicted molar refractivity (Wildman–Crippen MR) is 133 cm³/mol. The van der Waals surface area contributed by atoms with Gasteiger partial charge in [-0.15, -0.1) is 0 Å². The highest BCUT2D eigenvalue weighted by Crippen LogP contribution is 2.43. The number of rotatable bonds is 6. The van der Waals surface area contributed by atoms with Crippen molar-refractivity contribution in [3.05, 3.63) is 84.5 Å². The number of esters is 1.